The third kappa shape index (κ3) is 2.32. The second-order valence-corrected chi connectivity index (χ2v) is 4.45. The largest absolute Gasteiger partial charge is 0.494 e. The highest BCUT2D eigenvalue weighted by atomic mass is 16.5. The van der Waals surface area contributed by atoms with Crippen LogP contribution in [-0.2, 0) is 0 Å². The van der Waals surface area contributed by atoms with Crippen molar-refractivity contribution in [1.29, 1.82) is 0 Å². The zero-order chi connectivity index (χ0) is 13.2. The lowest BCUT2D eigenvalue weighted by atomic mass is 10.2. The summed E-state index contributed by atoms with van der Waals surface area (Å²) in [5.74, 6) is 1.46. The first-order chi connectivity index (χ1) is 9.26. The maximum Gasteiger partial charge on any atom is 0.227 e. The summed E-state index contributed by atoms with van der Waals surface area (Å²) in [6, 6.07) is 13.8. The summed E-state index contributed by atoms with van der Waals surface area (Å²) in [6.45, 7) is 4.66. The molecule has 0 spiro atoms. The van der Waals surface area contributed by atoms with Gasteiger partial charge in [0, 0.05) is 5.56 Å². The summed E-state index contributed by atoms with van der Waals surface area (Å²) in [5, 5.41) is 0. The van der Waals surface area contributed by atoms with Gasteiger partial charge in [-0.1, -0.05) is 12.1 Å². The second kappa shape index (κ2) is 4.76. The minimum Gasteiger partial charge on any atom is -0.494 e. The first-order valence-corrected chi connectivity index (χ1v) is 6.36. The van der Waals surface area contributed by atoms with Crippen LogP contribution in [0, 0.1) is 6.92 Å². The summed E-state index contributed by atoms with van der Waals surface area (Å²) in [5.41, 5.74) is 3.79. The van der Waals surface area contributed by atoms with Crippen molar-refractivity contribution in [3.63, 3.8) is 0 Å². The molecule has 3 heteroatoms. The van der Waals surface area contributed by atoms with Gasteiger partial charge >= 0.3 is 0 Å². The van der Waals surface area contributed by atoms with Gasteiger partial charge in [0.05, 0.1) is 6.61 Å². The maximum atomic E-state index is 5.80. The van der Waals surface area contributed by atoms with Crippen LogP contribution in [0.1, 0.15) is 12.5 Å². The maximum absolute atomic E-state index is 5.80. The zero-order valence-corrected chi connectivity index (χ0v) is 11.0. The lowest BCUT2D eigenvalue weighted by Crippen LogP contribution is -1.91. The van der Waals surface area contributed by atoms with Crippen molar-refractivity contribution < 1.29 is 9.15 Å². The number of fused-ring (bicyclic) bond motifs is 1. The van der Waals surface area contributed by atoms with E-state index in [0.717, 1.165) is 22.4 Å². The van der Waals surface area contributed by atoms with Crippen LogP contribution in [0.2, 0.25) is 0 Å². The molecule has 19 heavy (non-hydrogen) atoms. The van der Waals surface area contributed by atoms with Crippen molar-refractivity contribution in [2.45, 2.75) is 13.8 Å². The van der Waals surface area contributed by atoms with Gasteiger partial charge in [-0.15, -0.1) is 0 Å². The Hall–Kier alpha value is -2.29. The van der Waals surface area contributed by atoms with Crippen molar-refractivity contribution >= 4 is 11.1 Å². The molecule has 0 aliphatic carbocycles. The van der Waals surface area contributed by atoms with Gasteiger partial charge in [0.25, 0.3) is 0 Å². The van der Waals surface area contributed by atoms with Crippen molar-refractivity contribution in [2.24, 2.45) is 0 Å². The smallest absolute Gasteiger partial charge is 0.227 e. The van der Waals surface area contributed by atoms with E-state index in [1.807, 2.05) is 56.3 Å². The Kier molecular flexibility index (Phi) is 2.95. The fraction of sp³-hybridized carbons (Fsp3) is 0.188. The van der Waals surface area contributed by atoms with E-state index in [0.29, 0.717) is 12.5 Å². The fourth-order valence-electron chi connectivity index (χ4n) is 2.04. The van der Waals surface area contributed by atoms with Crippen LogP contribution < -0.4 is 4.74 Å². The SMILES string of the molecule is CCOc1cccc(-c2nc3ccc(C)cc3o2)c1. The van der Waals surface area contributed by atoms with E-state index < -0.39 is 0 Å². The highest BCUT2D eigenvalue weighted by molar-refractivity contribution is 5.77. The minimum absolute atomic E-state index is 0.627. The van der Waals surface area contributed by atoms with Crippen LogP contribution in [0.25, 0.3) is 22.6 Å². The van der Waals surface area contributed by atoms with Gasteiger partial charge in [0.15, 0.2) is 5.58 Å². The van der Waals surface area contributed by atoms with Gasteiger partial charge < -0.3 is 9.15 Å². The number of aromatic nitrogens is 1. The monoisotopic (exact) mass is 253 g/mol. The minimum atomic E-state index is 0.627. The third-order valence-electron chi connectivity index (χ3n) is 2.94. The number of oxazole rings is 1. The number of nitrogens with zero attached hydrogens (tertiary/aromatic N) is 1. The third-order valence-corrected chi connectivity index (χ3v) is 2.94. The molecule has 0 fully saturated rings. The molecule has 0 aliphatic rings. The van der Waals surface area contributed by atoms with Gasteiger partial charge in [-0.2, -0.15) is 0 Å². The Labute approximate surface area is 111 Å². The Balaban J connectivity index is 2.05. The summed E-state index contributed by atoms with van der Waals surface area (Å²) >= 11 is 0. The second-order valence-electron chi connectivity index (χ2n) is 4.45. The molecule has 3 nitrogen and oxygen atoms in total. The number of aryl methyl sites for hydroxylation is 1. The molecule has 0 bridgehead atoms. The first-order valence-electron chi connectivity index (χ1n) is 6.36. The molecular weight excluding hydrogens is 238 g/mol. The average molecular weight is 253 g/mol. The lowest BCUT2D eigenvalue weighted by Gasteiger charge is -2.03. The number of hydrogen-bond acceptors (Lipinski definition) is 3. The molecule has 0 N–H and O–H groups in total. The van der Waals surface area contributed by atoms with Gasteiger partial charge in [-0.25, -0.2) is 4.98 Å². The molecular formula is C16H15NO2. The van der Waals surface area contributed by atoms with Gasteiger partial charge in [0.1, 0.15) is 11.3 Å². The van der Waals surface area contributed by atoms with Gasteiger partial charge in [-0.05, 0) is 49.7 Å². The molecule has 3 rings (SSSR count). The van der Waals surface area contributed by atoms with Crippen molar-refractivity contribution in [3.05, 3.63) is 48.0 Å². The predicted octanol–water partition coefficient (Wildman–Crippen LogP) is 4.20. The number of benzene rings is 2. The predicted molar refractivity (Wildman–Crippen MR) is 75.4 cm³/mol. The van der Waals surface area contributed by atoms with E-state index in [4.69, 9.17) is 9.15 Å². The Morgan fingerprint density at radius 2 is 2.05 bits per heavy atom. The van der Waals surface area contributed by atoms with Crippen molar-refractivity contribution in [2.75, 3.05) is 6.61 Å². The van der Waals surface area contributed by atoms with Crippen molar-refractivity contribution in [3.8, 4) is 17.2 Å². The zero-order valence-electron chi connectivity index (χ0n) is 11.0. The molecule has 0 saturated heterocycles. The number of ether oxygens (including phenoxy) is 1. The highest BCUT2D eigenvalue weighted by Crippen LogP contribution is 2.27. The molecule has 2 aromatic carbocycles. The van der Waals surface area contributed by atoms with Crippen LogP contribution in [0.4, 0.5) is 0 Å². The van der Waals surface area contributed by atoms with Crippen LogP contribution in [0.15, 0.2) is 46.9 Å². The molecule has 0 radical (unpaired) electrons. The summed E-state index contributed by atoms with van der Waals surface area (Å²) in [7, 11) is 0. The molecule has 1 heterocycles. The Bertz CT molecular complexity index is 716. The lowest BCUT2D eigenvalue weighted by molar-refractivity contribution is 0.340. The van der Waals surface area contributed by atoms with E-state index in [1.165, 1.54) is 5.56 Å². The quantitative estimate of drug-likeness (QED) is 0.701. The molecule has 0 amide bonds. The van der Waals surface area contributed by atoms with E-state index in [-0.39, 0.29) is 0 Å². The molecule has 96 valence electrons. The standard InChI is InChI=1S/C16H15NO2/c1-3-18-13-6-4-5-12(10-13)16-17-14-8-7-11(2)9-15(14)19-16/h4-10H,3H2,1-2H3. The normalized spacial score (nSPS) is 10.8. The Morgan fingerprint density at radius 3 is 2.89 bits per heavy atom. The van der Waals surface area contributed by atoms with Crippen molar-refractivity contribution in [1.82, 2.24) is 4.98 Å². The van der Waals surface area contributed by atoms with E-state index in [2.05, 4.69) is 4.98 Å². The molecule has 0 saturated carbocycles. The van der Waals surface area contributed by atoms with E-state index in [9.17, 15) is 0 Å². The van der Waals surface area contributed by atoms with E-state index >= 15 is 0 Å². The van der Waals surface area contributed by atoms with Crippen LogP contribution in [0.3, 0.4) is 0 Å². The fourth-order valence-corrected chi connectivity index (χ4v) is 2.04. The number of hydrogen-bond donors (Lipinski definition) is 0. The van der Waals surface area contributed by atoms with Gasteiger partial charge in [-0.3, -0.25) is 0 Å². The molecule has 0 unspecified atom stereocenters. The molecule has 0 aliphatic heterocycles. The van der Waals surface area contributed by atoms with Crippen LogP contribution in [0.5, 0.6) is 5.75 Å². The van der Waals surface area contributed by atoms with Crippen LogP contribution >= 0.6 is 0 Å². The highest BCUT2D eigenvalue weighted by Gasteiger charge is 2.08. The average Bonchev–Trinajstić information content (AvgIpc) is 2.82. The van der Waals surface area contributed by atoms with E-state index in [1.54, 1.807) is 0 Å². The summed E-state index contributed by atoms with van der Waals surface area (Å²) < 4.78 is 11.3. The Morgan fingerprint density at radius 1 is 1.16 bits per heavy atom. The summed E-state index contributed by atoms with van der Waals surface area (Å²) in [6.07, 6.45) is 0. The van der Waals surface area contributed by atoms with Gasteiger partial charge in [0.2, 0.25) is 5.89 Å². The number of rotatable bonds is 3. The molecule has 0 atom stereocenters. The molecule has 1 aromatic heterocycles. The van der Waals surface area contributed by atoms with Crippen LogP contribution in [-0.4, -0.2) is 11.6 Å². The summed E-state index contributed by atoms with van der Waals surface area (Å²) in [4.78, 5) is 4.50. The topological polar surface area (TPSA) is 35.3 Å². The molecule has 3 aromatic rings. The first kappa shape index (κ1) is 11.8.